The van der Waals surface area contributed by atoms with E-state index in [1.54, 1.807) is 0 Å². The van der Waals surface area contributed by atoms with Gasteiger partial charge in [-0.25, -0.2) is 9.18 Å². The molecular weight excluding hydrogens is 139 g/mol. The number of carboxylic acid groups (broad SMARTS) is 2. The van der Waals surface area contributed by atoms with Crippen LogP contribution in [0.5, 0.6) is 0 Å². The van der Waals surface area contributed by atoms with Crippen molar-refractivity contribution in [1.29, 1.82) is 0 Å². The van der Waals surface area contributed by atoms with Gasteiger partial charge in [0, 0.05) is 6.42 Å². The number of rotatable bonds is 2. The number of halogens is 1. The molecule has 2 N–H and O–H groups in total. The van der Waals surface area contributed by atoms with Gasteiger partial charge in [0.2, 0.25) is 0 Å². The number of hydrogen-bond donors (Lipinski definition) is 2. The van der Waals surface area contributed by atoms with Gasteiger partial charge in [0.25, 0.3) is 0 Å². The quantitative estimate of drug-likeness (QED) is 0.590. The zero-order valence-corrected chi connectivity index (χ0v) is 5.38. The van der Waals surface area contributed by atoms with Crippen molar-refractivity contribution in [2.75, 3.05) is 0 Å². The highest BCUT2D eigenvalue weighted by Crippen LogP contribution is 1.96. The SMILES string of the molecule is C=CCC(=C)F.O=C(O)O. The van der Waals surface area contributed by atoms with E-state index in [2.05, 4.69) is 13.2 Å². The first-order valence-electron chi connectivity index (χ1n) is 2.36. The van der Waals surface area contributed by atoms with E-state index in [0.717, 1.165) is 0 Å². The van der Waals surface area contributed by atoms with Crippen LogP contribution in [0.25, 0.3) is 0 Å². The lowest BCUT2D eigenvalue weighted by Gasteiger charge is -1.77. The minimum Gasteiger partial charge on any atom is -0.450 e. The molecule has 0 radical (unpaired) electrons. The van der Waals surface area contributed by atoms with Gasteiger partial charge in [-0.15, -0.1) is 6.58 Å². The van der Waals surface area contributed by atoms with Crippen LogP contribution >= 0.6 is 0 Å². The third kappa shape index (κ3) is 76.4. The summed E-state index contributed by atoms with van der Waals surface area (Å²) in [6.07, 6.45) is -0.0810. The molecule has 0 heterocycles. The maximum absolute atomic E-state index is 11.4. The van der Waals surface area contributed by atoms with Gasteiger partial charge >= 0.3 is 6.16 Å². The van der Waals surface area contributed by atoms with E-state index >= 15 is 0 Å². The normalized spacial score (nSPS) is 6.90. The van der Waals surface area contributed by atoms with Gasteiger partial charge in [-0.3, -0.25) is 0 Å². The molecule has 10 heavy (non-hydrogen) atoms. The molecule has 0 saturated carbocycles. The molecule has 0 aliphatic carbocycles. The monoisotopic (exact) mass is 148 g/mol. The van der Waals surface area contributed by atoms with Gasteiger partial charge in [-0.2, -0.15) is 0 Å². The van der Waals surface area contributed by atoms with Crippen molar-refractivity contribution < 1.29 is 19.4 Å². The zero-order valence-electron chi connectivity index (χ0n) is 5.38. The summed E-state index contributed by atoms with van der Waals surface area (Å²) >= 11 is 0. The van der Waals surface area contributed by atoms with Gasteiger partial charge < -0.3 is 10.2 Å². The summed E-state index contributed by atoms with van der Waals surface area (Å²) in [6, 6.07) is 0. The van der Waals surface area contributed by atoms with Crippen molar-refractivity contribution in [1.82, 2.24) is 0 Å². The van der Waals surface area contributed by atoms with Crippen LogP contribution in [-0.2, 0) is 0 Å². The molecule has 0 spiro atoms. The first kappa shape index (κ1) is 11.5. The Labute approximate surface area is 58.1 Å². The van der Waals surface area contributed by atoms with Crippen molar-refractivity contribution in [3.05, 3.63) is 25.1 Å². The molecule has 0 saturated heterocycles. The summed E-state index contributed by atoms with van der Waals surface area (Å²) in [5, 5.41) is 13.9. The second-order valence-corrected chi connectivity index (χ2v) is 1.29. The summed E-state index contributed by atoms with van der Waals surface area (Å²) in [4.78, 5) is 8.56. The Hall–Kier alpha value is -1.32. The highest BCUT2D eigenvalue weighted by molar-refractivity contribution is 5.53. The fourth-order valence-electron chi connectivity index (χ4n) is 0.157. The first-order chi connectivity index (χ1) is 4.50. The summed E-state index contributed by atoms with van der Waals surface area (Å²) in [6.45, 7) is 6.31. The third-order valence-corrected chi connectivity index (χ3v) is 0.366. The van der Waals surface area contributed by atoms with E-state index in [1.807, 2.05) is 0 Å². The molecule has 0 rings (SSSR count). The topological polar surface area (TPSA) is 57.5 Å². The molecule has 0 aromatic rings. The second kappa shape index (κ2) is 7.68. The van der Waals surface area contributed by atoms with Crippen molar-refractivity contribution in [3.63, 3.8) is 0 Å². The Morgan fingerprint density at radius 3 is 1.90 bits per heavy atom. The third-order valence-electron chi connectivity index (χ3n) is 0.366. The van der Waals surface area contributed by atoms with Crippen LogP contribution in [-0.4, -0.2) is 16.4 Å². The van der Waals surface area contributed by atoms with Crippen LogP contribution in [0.15, 0.2) is 25.1 Å². The molecule has 58 valence electrons. The Morgan fingerprint density at radius 2 is 1.90 bits per heavy atom. The van der Waals surface area contributed by atoms with Crippen molar-refractivity contribution in [2.24, 2.45) is 0 Å². The van der Waals surface area contributed by atoms with Crippen LogP contribution in [0, 0.1) is 0 Å². The highest BCUT2D eigenvalue weighted by atomic mass is 19.1. The fraction of sp³-hybridized carbons (Fsp3) is 0.167. The van der Waals surface area contributed by atoms with E-state index in [1.165, 1.54) is 6.08 Å². The van der Waals surface area contributed by atoms with Crippen molar-refractivity contribution >= 4 is 6.16 Å². The molecule has 0 bridgehead atoms. The van der Waals surface area contributed by atoms with Gasteiger partial charge in [0.15, 0.2) is 0 Å². The molecule has 3 nitrogen and oxygen atoms in total. The zero-order chi connectivity index (χ0) is 8.57. The van der Waals surface area contributed by atoms with E-state index in [0.29, 0.717) is 0 Å². The van der Waals surface area contributed by atoms with Crippen LogP contribution in [0.4, 0.5) is 9.18 Å². The molecule has 0 aliphatic rings. The number of hydrogen-bond acceptors (Lipinski definition) is 1. The van der Waals surface area contributed by atoms with Crippen molar-refractivity contribution in [3.8, 4) is 0 Å². The molecular formula is C6H9FO3. The summed E-state index contributed by atoms with van der Waals surface area (Å²) in [5.41, 5.74) is 0. The molecule has 0 unspecified atom stereocenters. The van der Waals surface area contributed by atoms with Crippen LogP contribution in [0.2, 0.25) is 0 Å². The van der Waals surface area contributed by atoms with E-state index in [4.69, 9.17) is 15.0 Å². The largest absolute Gasteiger partial charge is 0.503 e. The molecule has 0 atom stereocenters. The second-order valence-electron chi connectivity index (χ2n) is 1.29. The maximum Gasteiger partial charge on any atom is 0.503 e. The van der Waals surface area contributed by atoms with Crippen LogP contribution in [0.3, 0.4) is 0 Å². The average Bonchev–Trinajstić information content (AvgIpc) is 1.62. The maximum atomic E-state index is 11.4. The van der Waals surface area contributed by atoms with Gasteiger partial charge in [-0.1, -0.05) is 12.7 Å². The van der Waals surface area contributed by atoms with Crippen LogP contribution in [0.1, 0.15) is 6.42 Å². The molecule has 0 aromatic heterocycles. The average molecular weight is 148 g/mol. The van der Waals surface area contributed by atoms with E-state index in [-0.39, 0.29) is 12.2 Å². The molecule has 4 heteroatoms. The van der Waals surface area contributed by atoms with E-state index in [9.17, 15) is 4.39 Å². The Kier molecular flexibility index (Phi) is 8.81. The first-order valence-corrected chi connectivity index (χ1v) is 2.36. The molecule has 0 aromatic carbocycles. The van der Waals surface area contributed by atoms with Gasteiger partial charge in [0.1, 0.15) is 0 Å². The minimum absolute atomic E-state index is 0.278. The lowest BCUT2D eigenvalue weighted by molar-refractivity contribution is 0.137. The number of carbonyl (C=O) groups is 1. The van der Waals surface area contributed by atoms with Crippen molar-refractivity contribution in [2.45, 2.75) is 6.42 Å². The summed E-state index contributed by atoms with van der Waals surface area (Å²) < 4.78 is 11.4. The number of allylic oxidation sites excluding steroid dienone is 2. The molecule has 0 amide bonds. The van der Waals surface area contributed by atoms with Crippen LogP contribution < -0.4 is 0 Å². The fourth-order valence-corrected chi connectivity index (χ4v) is 0.157. The van der Waals surface area contributed by atoms with Gasteiger partial charge in [-0.05, 0) is 0 Å². The highest BCUT2D eigenvalue weighted by Gasteiger charge is 1.77. The lowest BCUT2D eigenvalue weighted by atomic mass is 10.4. The Bertz CT molecular complexity index is 127. The smallest absolute Gasteiger partial charge is 0.450 e. The Balaban J connectivity index is 0. The lowest BCUT2D eigenvalue weighted by Crippen LogP contribution is -1.81. The predicted molar refractivity (Wildman–Crippen MR) is 35.7 cm³/mol. The summed E-state index contributed by atoms with van der Waals surface area (Å²) in [5.74, 6) is -0.329. The minimum atomic E-state index is -1.83. The molecule has 0 fully saturated rings. The molecule has 0 aliphatic heterocycles. The predicted octanol–water partition coefficient (Wildman–Crippen LogP) is 2.27. The standard InChI is InChI=1S/C5H7F.CH2O3/c1-3-4-5(2)6;2-1(3)4/h3H,1-2,4H2;(H2,2,3,4). The summed E-state index contributed by atoms with van der Waals surface area (Å²) in [7, 11) is 0. The Morgan fingerprint density at radius 1 is 1.60 bits per heavy atom. The van der Waals surface area contributed by atoms with Gasteiger partial charge in [0.05, 0.1) is 5.83 Å². The van der Waals surface area contributed by atoms with E-state index < -0.39 is 6.16 Å².